The number of aliphatic hydroxyl groups is 2. The molecule has 0 aromatic rings. The van der Waals surface area contributed by atoms with Crippen molar-refractivity contribution in [2.24, 2.45) is 10.8 Å². The fourth-order valence-electron chi connectivity index (χ4n) is 5.03. The quantitative estimate of drug-likeness (QED) is 0.549. The summed E-state index contributed by atoms with van der Waals surface area (Å²) < 4.78 is 12.0. The minimum Gasteiger partial charge on any atom is -0.396 e. The number of hydrogen-bond acceptors (Lipinski definition) is 4. The van der Waals surface area contributed by atoms with Crippen molar-refractivity contribution >= 4 is 0 Å². The van der Waals surface area contributed by atoms with Gasteiger partial charge in [0.25, 0.3) is 0 Å². The van der Waals surface area contributed by atoms with Crippen LogP contribution in [0.5, 0.6) is 0 Å². The van der Waals surface area contributed by atoms with Crippen LogP contribution in [0.3, 0.4) is 0 Å². The van der Waals surface area contributed by atoms with Crippen molar-refractivity contribution < 1.29 is 19.7 Å². The Labute approximate surface area is 113 Å². The molecule has 4 aliphatic rings. The lowest BCUT2D eigenvalue weighted by molar-refractivity contribution is -0.216. The Kier molecular flexibility index (Phi) is 2.22. The van der Waals surface area contributed by atoms with Gasteiger partial charge in [0.05, 0.1) is 25.4 Å². The molecule has 0 aromatic heterocycles. The Morgan fingerprint density at radius 1 is 1.47 bits per heavy atom. The first kappa shape index (κ1) is 12.3. The molecule has 0 radical (unpaired) electrons. The molecule has 2 bridgehead atoms. The van der Waals surface area contributed by atoms with E-state index in [1.54, 1.807) is 0 Å². The predicted octanol–water partition coefficient (Wildman–Crippen LogP) is 1.01. The van der Waals surface area contributed by atoms with Gasteiger partial charge in [-0.15, -0.1) is 0 Å². The van der Waals surface area contributed by atoms with Crippen molar-refractivity contribution in [2.45, 2.75) is 57.0 Å². The normalized spacial score (nSPS) is 58.9. The van der Waals surface area contributed by atoms with E-state index in [9.17, 15) is 10.2 Å². The van der Waals surface area contributed by atoms with Crippen molar-refractivity contribution in [2.75, 3.05) is 13.2 Å². The maximum Gasteiger partial charge on any atom is 0.126 e. The van der Waals surface area contributed by atoms with E-state index in [-0.39, 0.29) is 35.2 Å². The SMILES string of the molecule is CC1=C[C@H]2O[C@@H]3C(O)C[C@](C)([C@@]2(CO)CC1)[C@]31CO1. The molecule has 2 N–H and O–H groups in total. The molecule has 19 heavy (non-hydrogen) atoms. The lowest BCUT2D eigenvalue weighted by Gasteiger charge is -2.57. The number of hydrogen-bond donors (Lipinski definition) is 2. The van der Waals surface area contributed by atoms with E-state index < -0.39 is 6.10 Å². The highest BCUT2D eigenvalue weighted by Crippen LogP contribution is 2.71. The van der Waals surface area contributed by atoms with E-state index in [2.05, 4.69) is 19.9 Å². The molecule has 2 heterocycles. The van der Waals surface area contributed by atoms with Crippen LogP contribution in [0.1, 0.15) is 33.1 Å². The lowest BCUT2D eigenvalue weighted by Crippen LogP contribution is -2.64. The number of fused-ring (bicyclic) bond motifs is 2. The van der Waals surface area contributed by atoms with Gasteiger partial charge in [0, 0.05) is 10.8 Å². The van der Waals surface area contributed by atoms with Gasteiger partial charge < -0.3 is 19.7 Å². The summed E-state index contributed by atoms with van der Waals surface area (Å²) in [5.41, 5.74) is 0.458. The molecule has 1 unspecified atom stereocenters. The van der Waals surface area contributed by atoms with Gasteiger partial charge in [0.2, 0.25) is 0 Å². The van der Waals surface area contributed by atoms with Crippen LogP contribution in [-0.4, -0.2) is 47.3 Å². The largest absolute Gasteiger partial charge is 0.396 e. The molecule has 0 amide bonds. The average molecular weight is 266 g/mol. The predicted molar refractivity (Wildman–Crippen MR) is 68.6 cm³/mol. The van der Waals surface area contributed by atoms with Gasteiger partial charge >= 0.3 is 0 Å². The molecule has 1 spiro atoms. The summed E-state index contributed by atoms with van der Waals surface area (Å²) in [6.07, 6.45) is 3.93. The van der Waals surface area contributed by atoms with Gasteiger partial charge in [0.15, 0.2) is 0 Å². The molecule has 1 saturated carbocycles. The number of aliphatic hydroxyl groups excluding tert-OH is 2. The molecule has 4 heteroatoms. The maximum absolute atomic E-state index is 10.4. The number of rotatable bonds is 1. The van der Waals surface area contributed by atoms with E-state index in [0.29, 0.717) is 13.0 Å². The van der Waals surface area contributed by atoms with Crippen molar-refractivity contribution in [3.8, 4) is 0 Å². The van der Waals surface area contributed by atoms with Gasteiger partial charge in [-0.05, 0) is 26.2 Å². The summed E-state index contributed by atoms with van der Waals surface area (Å²) in [5, 5.41) is 20.5. The third-order valence-corrected chi connectivity index (χ3v) is 6.44. The van der Waals surface area contributed by atoms with Crippen molar-refractivity contribution in [1.82, 2.24) is 0 Å². The molecule has 2 saturated heterocycles. The summed E-state index contributed by atoms with van der Waals surface area (Å²) in [6, 6.07) is 0. The van der Waals surface area contributed by atoms with Crippen LogP contribution in [-0.2, 0) is 9.47 Å². The summed E-state index contributed by atoms with van der Waals surface area (Å²) in [6.45, 7) is 5.05. The highest BCUT2D eigenvalue weighted by Gasteiger charge is 2.80. The molecule has 2 aliphatic carbocycles. The van der Waals surface area contributed by atoms with Gasteiger partial charge in [0.1, 0.15) is 11.7 Å². The third kappa shape index (κ3) is 1.16. The van der Waals surface area contributed by atoms with Gasteiger partial charge in [-0.1, -0.05) is 18.6 Å². The molecule has 6 atom stereocenters. The molecule has 2 aliphatic heterocycles. The Bertz CT molecular complexity index is 455. The Hall–Kier alpha value is -0.420. The minimum atomic E-state index is -0.477. The lowest BCUT2D eigenvalue weighted by atomic mass is 9.52. The van der Waals surface area contributed by atoms with E-state index in [4.69, 9.17) is 9.47 Å². The molecule has 4 nitrogen and oxygen atoms in total. The smallest absolute Gasteiger partial charge is 0.126 e. The zero-order chi connectivity index (χ0) is 13.5. The highest BCUT2D eigenvalue weighted by molar-refractivity contribution is 5.31. The minimum absolute atomic E-state index is 0.0896. The molecular formula is C15H22O4. The topological polar surface area (TPSA) is 62.2 Å². The van der Waals surface area contributed by atoms with Crippen LogP contribution in [0.2, 0.25) is 0 Å². The molecule has 3 fully saturated rings. The first-order valence-corrected chi connectivity index (χ1v) is 7.25. The fraction of sp³-hybridized carbons (Fsp3) is 0.867. The van der Waals surface area contributed by atoms with E-state index >= 15 is 0 Å². The van der Waals surface area contributed by atoms with Gasteiger partial charge in [-0.25, -0.2) is 0 Å². The van der Waals surface area contributed by atoms with Crippen LogP contribution in [0.15, 0.2) is 11.6 Å². The molecule has 4 rings (SSSR count). The van der Waals surface area contributed by atoms with Crippen molar-refractivity contribution in [3.05, 3.63) is 11.6 Å². The summed E-state index contributed by atoms with van der Waals surface area (Å²) in [4.78, 5) is 0. The second-order valence-corrected chi connectivity index (χ2v) is 7.09. The van der Waals surface area contributed by atoms with E-state index in [0.717, 1.165) is 12.8 Å². The first-order chi connectivity index (χ1) is 8.99. The zero-order valence-electron chi connectivity index (χ0n) is 11.6. The van der Waals surface area contributed by atoms with Crippen LogP contribution in [0.4, 0.5) is 0 Å². The molecular weight excluding hydrogens is 244 g/mol. The number of epoxide rings is 1. The Morgan fingerprint density at radius 2 is 2.21 bits per heavy atom. The monoisotopic (exact) mass is 266 g/mol. The zero-order valence-corrected chi connectivity index (χ0v) is 11.6. The molecule has 0 aromatic carbocycles. The highest BCUT2D eigenvalue weighted by atomic mass is 16.6. The summed E-state index contributed by atoms with van der Waals surface area (Å²) in [7, 11) is 0. The second-order valence-electron chi connectivity index (χ2n) is 7.09. The third-order valence-electron chi connectivity index (χ3n) is 6.44. The van der Waals surface area contributed by atoms with Crippen molar-refractivity contribution in [1.29, 1.82) is 0 Å². The molecule has 106 valence electrons. The fourth-order valence-corrected chi connectivity index (χ4v) is 5.03. The maximum atomic E-state index is 10.4. The summed E-state index contributed by atoms with van der Waals surface area (Å²) >= 11 is 0. The van der Waals surface area contributed by atoms with Crippen LogP contribution in [0.25, 0.3) is 0 Å². The van der Waals surface area contributed by atoms with Crippen LogP contribution < -0.4 is 0 Å². The first-order valence-electron chi connectivity index (χ1n) is 7.25. The van der Waals surface area contributed by atoms with Gasteiger partial charge in [-0.3, -0.25) is 0 Å². The standard InChI is InChI=1S/C15H22O4/c1-9-3-4-14(7-16)11(5-9)19-12-10(17)6-13(14,2)15(12)8-18-15/h5,10-12,16-17H,3-4,6-8H2,1-2H3/t10?,11-,12-,13-,14-,15+/m1/s1. The van der Waals surface area contributed by atoms with Crippen LogP contribution >= 0.6 is 0 Å². The van der Waals surface area contributed by atoms with Crippen molar-refractivity contribution in [3.63, 3.8) is 0 Å². The van der Waals surface area contributed by atoms with E-state index in [1.165, 1.54) is 5.57 Å². The average Bonchev–Trinajstić information content (AvgIpc) is 3.13. The van der Waals surface area contributed by atoms with Gasteiger partial charge in [-0.2, -0.15) is 0 Å². The Morgan fingerprint density at radius 3 is 2.84 bits per heavy atom. The van der Waals surface area contributed by atoms with Crippen LogP contribution in [0, 0.1) is 10.8 Å². The second kappa shape index (κ2) is 3.42. The number of allylic oxidation sites excluding steroid dienone is 1. The summed E-state index contributed by atoms with van der Waals surface area (Å²) in [5.74, 6) is 0. The Balaban J connectivity index is 1.87. The van der Waals surface area contributed by atoms with E-state index in [1.807, 2.05) is 0 Å². The number of ether oxygens (including phenoxy) is 2.